The van der Waals surface area contributed by atoms with Crippen molar-refractivity contribution >= 4 is 42.8 Å². The van der Waals surface area contributed by atoms with Crippen molar-refractivity contribution in [1.29, 1.82) is 0 Å². The van der Waals surface area contributed by atoms with E-state index >= 15 is 0 Å². The van der Waals surface area contributed by atoms with Gasteiger partial charge in [-0.1, -0.05) is 24.3 Å². The number of aryl methyl sites for hydroxylation is 1. The first-order valence-electron chi connectivity index (χ1n) is 8.10. The summed E-state index contributed by atoms with van der Waals surface area (Å²) >= 11 is 3.09. The molecule has 0 saturated carbocycles. The van der Waals surface area contributed by atoms with Gasteiger partial charge in [0.25, 0.3) is 0 Å². The molecule has 2 heterocycles. The van der Waals surface area contributed by atoms with Crippen LogP contribution >= 0.6 is 22.7 Å². The van der Waals surface area contributed by atoms with Crippen molar-refractivity contribution in [2.75, 3.05) is 0 Å². The molecule has 0 aliphatic carbocycles. The van der Waals surface area contributed by atoms with E-state index in [0.717, 1.165) is 24.9 Å². The zero-order chi connectivity index (χ0) is 19.2. The molecule has 2 N–H and O–H groups in total. The van der Waals surface area contributed by atoms with Crippen molar-refractivity contribution in [3.05, 3.63) is 75.8 Å². The van der Waals surface area contributed by atoms with Gasteiger partial charge in [0.1, 0.15) is 0 Å². The third-order valence-electron chi connectivity index (χ3n) is 4.23. The van der Waals surface area contributed by atoms with E-state index in [1.165, 1.54) is 23.5 Å². The van der Waals surface area contributed by atoms with Gasteiger partial charge in [0.05, 0.1) is 10.5 Å². The lowest BCUT2D eigenvalue weighted by atomic mass is 10.1. The molecule has 0 spiro atoms. The average molecular weight is 414 g/mol. The Bertz CT molecular complexity index is 1320. The molecule has 0 amide bonds. The van der Waals surface area contributed by atoms with Crippen LogP contribution in [0.4, 0.5) is 0 Å². The first-order valence-corrected chi connectivity index (χ1v) is 11.3. The van der Waals surface area contributed by atoms with Gasteiger partial charge in [-0.25, -0.2) is 13.6 Å². The number of sulfonamides is 1. The SMILES string of the molecule is Cc1ccc(-c2c(-c3ccc(S(N)(=O)=O)cc3)sc3ccccc3c2=O)s1. The van der Waals surface area contributed by atoms with Crippen molar-refractivity contribution in [2.45, 2.75) is 11.8 Å². The lowest BCUT2D eigenvalue weighted by Crippen LogP contribution is -2.11. The lowest BCUT2D eigenvalue weighted by Gasteiger charge is -2.10. The largest absolute Gasteiger partial charge is 0.288 e. The van der Waals surface area contributed by atoms with Gasteiger partial charge >= 0.3 is 0 Å². The van der Waals surface area contributed by atoms with E-state index in [-0.39, 0.29) is 10.3 Å². The van der Waals surface area contributed by atoms with Crippen LogP contribution in [-0.2, 0) is 10.0 Å². The van der Waals surface area contributed by atoms with Gasteiger partial charge in [-0.15, -0.1) is 22.7 Å². The number of thiophene rings is 1. The summed E-state index contributed by atoms with van der Waals surface area (Å²) in [4.78, 5) is 16.2. The first kappa shape index (κ1) is 18.1. The number of nitrogens with two attached hydrogens (primary N) is 1. The van der Waals surface area contributed by atoms with Crippen molar-refractivity contribution < 1.29 is 8.42 Å². The fourth-order valence-electron chi connectivity index (χ4n) is 2.93. The van der Waals surface area contributed by atoms with E-state index < -0.39 is 10.0 Å². The first-order chi connectivity index (χ1) is 12.8. The third-order valence-corrected chi connectivity index (χ3v) is 7.40. The maximum atomic E-state index is 13.3. The third kappa shape index (κ3) is 3.35. The minimum atomic E-state index is -3.76. The van der Waals surface area contributed by atoms with E-state index in [1.54, 1.807) is 23.5 Å². The molecular weight excluding hydrogens is 398 g/mol. The molecule has 0 bridgehead atoms. The number of rotatable bonds is 3. The molecule has 0 fully saturated rings. The van der Waals surface area contributed by atoms with Crippen LogP contribution in [0.2, 0.25) is 0 Å². The zero-order valence-corrected chi connectivity index (χ0v) is 16.7. The standard InChI is InChI=1S/C20H15NO3S3/c1-12-6-11-17(25-12)18-19(22)15-4-2-3-5-16(15)26-20(18)13-7-9-14(10-8-13)27(21,23)24/h2-11H,1H3,(H2,21,23,24). The molecular formula is C20H15NO3S3. The molecule has 4 rings (SSSR count). The van der Waals surface area contributed by atoms with Crippen LogP contribution in [0.25, 0.3) is 31.0 Å². The predicted molar refractivity (Wildman–Crippen MR) is 113 cm³/mol. The van der Waals surface area contributed by atoms with E-state index in [9.17, 15) is 13.2 Å². The molecule has 0 radical (unpaired) electrons. The molecule has 4 aromatic rings. The summed E-state index contributed by atoms with van der Waals surface area (Å²) < 4.78 is 24.0. The maximum absolute atomic E-state index is 13.3. The minimum Gasteiger partial charge on any atom is -0.288 e. The van der Waals surface area contributed by atoms with Crippen LogP contribution in [0.5, 0.6) is 0 Å². The number of hydrogen-bond donors (Lipinski definition) is 1. The molecule has 7 heteroatoms. The molecule has 0 aliphatic heterocycles. The number of fused-ring (bicyclic) bond motifs is 1. The Morgan fingerprint density at radius 3 is 2.22 bits per heavy atom. The highest BCUT2D eigenvalue weighted by Crippen LogP contribution is 2.39. The van der Waals surface area contributed by atoms with Gasteiger partial charge in [-0.05, 0) is 48.9 Å². The summed E-state index contributed by atoms with van der Waals surface area (Å²) in [7, 11) is -3.76. The van der Waals surface area contributed by atoms with Crippen molar-refractivity contribution in [3.63, 3.8) is 0 Å². The summed E-state index contributed by atoms with van der Waals surface area (Å²) in [5, 5.41) is 5.88. The molecule has 136 valence electrons. The topological polar surface area (TPSA) is 77.2 Å². The van der Waals surface area contributed by atoms with Gasteiger partial charge in [0, 0.05) is 24.7 Å². The molecule has 4 nitrogen and oxygen atoms in total. The number of benzene rings is 2. The van der Waals surface area contributed by atoms with Crippen LogP contribution in [-0.4, -0.2) is 8.42 Å². The Morgan fingerprint density at radius 2 is 1.59 bits per heavy atom. The second kappa shape index (κ2) is 6.69. The number of hydrogen-bond acceptors (Lipinski definition) is 5. The zero-order valence-electron chi connectivity index (χ0n) is 14.3. The molecule has 0 aliphatic rings. The fourth-order valence-corrected chi connectivity index (χ4v) is 5.63. The van der Waals surface area contributed by atoms with Crippen LogP contribution < -0.4 is 10.6 Å². The molecule has 27 heavy (non-hydrogen) atoms. The molecule has 0 unspecified atom stereocenters. The van der Waals surface area contributed by atoms with Crippen molar-refractivity contribution in [3.8, 4) is 20.9 Å². The van der Waals surface area contributed by atoms with Gasteiger partial charge in [-0.3, -0.25) is 4.79 Å². The highest BCUT2D eigenvalue weighted by Gasteiger charge is 2.18. The Kier molecular flexibility index (Phi) is 4.47. The normalized spacial score (nSPS) is 11.8. The van der Waals surface area contributed by atoms with E-state index in [2.05, 4.69) is 0 Å². The molecule has 2 aromatic heterocycles. The summed E-state index contributed by atoms with van der Waals surface area (Å²) in [6.45, 7) is 2.00. The molecule has 2 aromatic carbocycles. The van der Waals surface area contributed by atoms with Gasteiger partial charge < -0.3 is 0 Å². The maximum Gasteiger partial charge on any atom is 0.238 e. The lowest BCUT2D eigenvalue weighted by molar-refractivity contribution is 0.598. The van der Waals surface area contributed by atoms with Crippen LogP contribution in [0, 0.1) is 6.92 Å². The van der Waals surface area contributed by atoms with Crippen LogP contribution in [0.15, 0.2) is 70.4 Å². The quantitative estimate of drug-likeness (QED) is 0.533. The van der Waals surface area contributed by atoms with Crippen LogP contribution in [0.1, 0.15) is 4.88 Å². The van der Waals surface area contributed by atoms with E-state index in [4.69, 9.17) is 5.14 Å². The second-order valence-corrected chi connectivity index (χ2v) is 10.0. The second-order valence-electron chi connectivity index (χ2n) is 6.11. The summed E-state index contributed by atoms with van der Waals surface area (Å²) in [5.41, 5.74) is 1.42. The minimum absolute atomic E-state index is 0.0169. The Balaban J connectivity index is 2.03. The van der Waals surface area contributed by atoms with Gasteiger partial charge in [0.15, 0.2) is 5.43 Å². The number of primary sulfonamides is 1. The Hall–Kier alpha value is -2.32. The fraction of sp³-hybridized carbons (Fsp3) is 0.0500. The van der Waals surface area contributed by atoms with Crippen LogP contribution in [0.3, 0.4) is 0 Å². The Morgan fingerprint density at radius 1 is 0.889 bits per heavy atom. The monoisotopic (exact) mass is 413 g/mol. The van der Waals surface area contributed by atoms with Crippen molar-refractivity contribution in [1.82, 2.24) is 0 Å². The smallest absolute Gasteiger partial charge is 0.238 e. The summed E-state index contributed by atoms with van der Waals surface area (Å²) in [6.07, 6.45) is 0. The highest BCUT2D eigenvalue weighted by molar-refractivity contribution is 7.89. The van der Waals surface area contributed by atoms with E-state index in [0.29, 0.717) is 10.9 Å². The Labute approximate surface area is 164 Å². The van der Waals surface area contributed by atoms with Gasteiger partial charge in [0.2, 0.25) is 10.0 Å². The summed E-state index contributed by atoms with van der Waals surface area (Å²) in [5.74, 6) is 0. The van der Waals surface area contributed by atoms with Crippen molar-refractivity contribution in [2.24, 2.45) is 5.14 Å². The molecule has 0 saturated heterocycles. The average Bonchev–Trinajstić information content (AvgIpc) is 3.07. The summed E-state index contributed by atoms with van der Waals surface area (Å²) in [6, 6.07) is 17.8. The molecule has 0 atom stereocenters. The highest BCUT2D eigenvalue weighted by atomic mass is 32.2. The van der Waals surface area contributed by atoms with Gasteiger partial charge in [-0.2, -0.15) is 0 Å². The van der Waals surface area contributed by atoms with E-state index in [1.807, 2.05) is 43.3 Å². The predicted octanol–water partition coefficient (Wildman–Crippen LogP) is 4.61.